The van der Waals surface area contributed by atoms with Gasteiger partial charge >= 0.3 is 0 Å². The summed E-state index contributed by atoms with van der Waals surface area (Å²) in [6.07, 6.45) is 6.48. The fourth-order valence-corrected chi connectivity index (χ4v) is 3.49. The lowest BCUT2D eigenvalue weighted by atomic mass is 9.53. The maximum absolute atomic E-state index is 10.8. The Hall–Kier alpha value is -0.550. The van der Waals surface area contributed by atoms with Gasteiger partial charge in [0, 0.05) is 5.41 Å². The number of nitriles is 1. The van der Waals surface area contributed by atoms with Gasteiger partial charge in [-0.3, -0.25) is 0 Å². The first kappa shape index (κ1) is 9.98. The Balaban J connectivity index is 2.35. The zero-order valence-corrected chi connectivity index (χ0v) is 9.14. The number of nitrogens with zero attached hydrogens (tertiary/aromatic N) is 1. The lowest BCUT2D eigenvalue weighted by Gasteiger charge is -2.54. The first-order valence-electron chi connectivity index (χ1n) is 5.61. The summed E-state index contributed by atoms with van der Waals surface area (Å²) in [4.78, 5) is 0. The van der Waals surface area contributed by atoms with Gasteiger partial charge in [0.15, 0.2) is 0 Å². The van der Waals surface area contributed by atoms with Gasteiger partial charge in [-0.25, -0.2) is 0 Å². The SMILES string of the molecule is CC(C)(C#N)C1(O)CCCC12CCC2. The van der Waals surface area contributed by atoms with E-state index in [0.29, 0.717) is 0 Å². The monoisotopic (exact) mass is 193 g/mol. The number of rotatable bonds is 1. The predicted octanol–water partition coefficient (Wildman–Crippen LogP) is 2.62. The zero-order chi connectivity index (χ0) is 10.4. The van der Waals surface area contributed by atoms with Crippen LogP contribution in [-0.2, 0) is 0 Å². The Kier molecular flexibility index (Phi) is 1.95. The van der Waals surface area contributed by atoms with Crippen molar-refractivity contribution in [1.82, 2.24) is 0 Å². The van der Waals surface area contributed by atoms with Crippen LogP contribution in [0, 0.1) is 22.2 Å². The summed E-state index contributed by atoms with van der Waals surface area (Å²) in [6.45, 7) is 3.77. The van der Waals surface area contributed by atoms with Crippen LogP contribution in [0.4, 0.5) is 0 Å². The smallest absolute Gasteiger partial charge is 0.0883 e. The highest BCUT2D eigenvalue weighted by Crippen LogP contribution is 2.63. The Bertz CT molecular complexity index is 285. The minimum atomic E-state index is -0.729. The van der Waals surface area contributed by atoms with Gasteiger partial charge in [-0.05, 0) is 46.0 Å². The fraction of sp³-hybridized carbons (Fsp3) is 0.917. The molecule has 2 heteroatoms. The average Bonchev–Trinajstić information content (AvgIpc) is 2.44. The molecule has 1 spiro atoms. The molecule has 0 radical (unpaired) electrons. The van der Waals surface area contributed by atoms with Crippen molar-refractivity contribution in [2.45, 2.75) is 58.0 Å². The molecule has 0 aliphatic heterocycles. The number of hydrogen-bond acceptors (Lipinski definition) is 2. The highest BCUT2D eigenvalue weighted by molar-refractivity contribution is 5.19. The van der Waals surface area contributed by atoms with Gasteiger partial charge in [0.05, 0.1) is 17.1 Å². The van der Waals surface area contributed by atoms with Crippen LogP contribution in [0.25, 0.3) is 0 Å². The molecule has 0 aromatic heterocycles. The summed E-state index contributed by atoms with van der Waals surface area (Å²) in [5.41, 5.74) is -1.23. The Morgan fingerprint density at radius 2 is 1.64 bits per heavy atom. The van der Waals surface area contributed by atoms with Crippen LogP contribution in [0.15, 0.2) is 0 Å². The molecule has 1 unspecified atom stereocenters. The van der Waals surface area contributed by atoms with E-state index in [4.69, 9.17) is 5.26 Å². The average molecular weight is 193 g/mol. The molecule has 0 aromatic carbocycles. The molecule has 0 bridgehead atoms. The molecule has 78 valence electrons. The summed E-state index contributed by atoms with van der Waals surface area (Å²) >= 11 is 0. The van der Waals surface area contributed by atoms with E-state index >= 15 is 0 Å². The van der Waals surface area contributed by atoms with E-state index in [1.807, 2.05) is 13.8 Å². The highest BCUT2D eigenvalue weighted by atomic mass is 16.3. The third kappa shape index (κ3) is 0.941. The van der Waals surface area contributed by atoms with E-state index in [2.05, 4.69) is 6.07 Å². The maximum Gasteiger partial charge on any atom is 0.0883 e. The van der Waals surface area contributed by atoms with E-state index in [9.17, 15) is 5.11 Å². The molecule has 0 heterocycles. The molecule has 0 amide bonds. The van der Waals surface area contributed by atoms with Crippen molar-refractivity contribution >= 4 is 0 Å². The van der Waals surface area contributed by atoms with E-state index in [0.717, 1.165) is 32.1 Å². The highest BCUT2D eigenvalue weighted by Gasteiger charge is 2.63. The Morgan fingerprint density at radius 3 is 2.07 bits per heavy atom. The van der Waals surface area contributed by atoms with E-state index < -0.39 is 11.0 Å². The first-order valence-corrected chi connectivity index (χ1v) is 5.61. The second-order valence-electron chi connectivity index (χ2n) is 5.58. The summed E-state index contributed by atoms with van der Waals surface area (Å²) in [7, 11) is 0. The van der Waals surface area contributed by atoms with Gasteiger partial charge < -0.3 is 5.11 Å². The van der Waals surface area contributed by atoms with Gasteiger partial charge in [0.25, 0.3) is 0 Å². The van der Waals surface area contributed by atoms with Crippen molar-refractivity contribution in [2.75, 3.05) is 0 Å². The van der Waals surface area contributed by atoms with Crippen LogP contribution in [0.2, 0.25) is 0 Å². The molecule has 1 N–H and O–H groups in total. The maximum atomic E-state index is 10.8. The molecule has 0 aromatic rings. The molecular formula is C12H19NO. The zero-order valence-electron chi connectivity index (χ0n) is 9.14. The van der Waals surface area contributed by atoms with Crippen LogP contribution >= 0.6 is 0 Å². The number of aliphatic hydroxyl groups is 1. The molecule has 2 nitrogen and oxygen atoms in total. The molecule has 2 rings (SSSR count). The van der Waals surface area contributed by atoms with Crippen molar-refractivity contribution in [3.05, 3.63) is 0 Å². The summed E-state index contributed by atoms with van der Waals surface area (Å²) < 4.78 is 0. The number of hydrogen-bond donors (Lipinski definition) is 1. The van der Waals surface area contributed by atoms with Crippen LogP contribution in [0.5, 0.6) is 0 Å². The van der Waals surface area contributed by atoms with Crippen LogP contribution < -0.4 is 0 Å². The Labute approximate surface area is 85.9 Å². The van der Waals surface area contributed by atoms with E-state index in [1.54, 1.807) is 0 Å². The molecule has 1 atom stereocenters. The first-order chi connectivity index (χ1) is 6.47. The topological polar surface area (TPSA) is 44.0 Å². The summed E-state index contributed by atoms with van der Waals surface area (Å²) in [5, 5.41) is 19.9. The van der Waals surface area contributed by atoms with Crippen LogP contribution in [-0.4, -0.2) is 10.7 Å². The normalized spacial score (nSPS) is 35.3. The molecule has 0 saturated heterocycles. The third-order valence-electron chi connectivity index (χ3n) is 4.70. The molecule has 2 saturated carbocycles. The summed E-state index contributed by atoms with van der Waals surface area (Å²) in [6, 6.07) is 2.30. The molecule has 2 aliphatic rings. The van der Waals surface area contributed by atoms with Gasteiger partial charge in [-0.15, -0.1) is 0 Å². The minimum absolute atomic E-state index is 0.0895. The van der Waals surface area contributed by atoms with Crippen molar-refractivity contribution in [3.63, 3.8) is 0 Å². The predicted molar refractivity (Wildman–Crippen MR) is 54.5 cm³/mol. The van der Waals surface area contributed by atoms with Gasteiger partial charge in [-0.1, -0.05) is 6.42 Å². The largest absolute Gasteiger partial charge is 0.388 e. The fourth-order valence-electron chi connectivity index (χ4n) is 3.49. The molecule has 2 aliphatic carbocycles. The molecular weight excluding hydrogens is 174 g/mol. The lowest BCUT2D eigenvalue weighted by molar-refractivity contribution is -0.156. The van der Waals surface area contributed by atoms with E-state index in [1.165, 1.54) is 6.42 Å². The van der Waals surface area contributed by atoms with Crippen molar-refractivity contribution in [1.29, 1.82) is 5.26 Å². The minimum Gasteiger partial charge on any atom is -0.388 e. The van der Waals surface area contributed by atoms with Crippen molar-refractivity contribution in [3.8, 4) is 6.07 Å². The lowest BCUT2D eigenvalue weighted by Crippen LogP contribution is -2.56. The second-order valence-corrected chi connectivity index (χ2v) is 5.58. The van der Waals surface area contributed by atoms with Gasteiger partial charge in [-0.2, -0.15) is 5.26 Å². The second kappa shape index (κ2) is 2.73. The van der Waals surface area contributed by atoms with Gasteiger partial charge in [0.1, 0.15) is 0 Å². The Morgan fingerprint density at radius 1 is 1.14 bits per heavy atom. The van der Waals surface area contributed by atoms with E-state index in [-0.39, 0.29) is 5.41 Å². The standard InChI is InChI=1S/C12H19NO/c1-10(2,9-13)12(14)8-4-7-11(12)5-3-6-11/h14H,3-8H2,1-2H3. The molecule has 2 fully saturated rings. The van der Waals surface area contributed by atoms with Crippen LogP contribution in [0.1, 0.15) is 52.4 Å². The third-order valence-corrected chi connectivity index (χ3v) is 4.70. The van der Waals surface area contributed by atoms with Gasteiger partial charge in [0.2, 0.25) is 0 Å². The van der Waals surface area contributed by atoms with Crippen LogP contribution in [0.3, 0.4) is 0 Å². The van der Waals surface area contributed by atoms with Crippen molar-refractivity contribution < 1.29 is 5.11 Å². The summed E-state index contributed by atoms with van der Waals surface area (Å²) in [5.74, 6) is 0. The molecule has 14 heavy (non-hydrogen) atoms. The van der Waals surface area contributed by atoms with Crippen molar-refractivity contribution in [2.24, 2.45) is 10.8 Å². The quantitative estimate of drug-likeness (QED) is 0.695.